The van der Waals surface area contributed by atoms with Gasteiger partial charge in [-0.2, -0.15) is 9.78 Å². The lowest BCUT2D eigenvalue weighted by Gasteiger charge is -2.13. The van der Waals surface area contributed by atoms with Gasteiger partial charge in [-0.05, 0) is 75.1 Å². The number of anilines is 2. The summed E-state index contributed by atoms with van der Waals surface area (Å²) in [4.78, 5) is 22.4. The van der Waals surface area contributed by atoms with Gasteiger partial charge in [0.25, 0.3) is 0 Å². The Morgan fingerprint density at radius 1 is 1.06 bits per heavy atom. The van der Waals surface area contributed by atoms with E-state index in [4.69, 9.17) is 14.7 Å². The number of nitrogens with zero attached hydrogens (tertiary/aromatic N) is 4. The molecule has 0 saturated heterocycles. The second kappa shape index (κ2) is 9.11. The van der Waals surface area contributed by atoms with Crippen LogP contribution < -0.4 is 5.32 Å². The maximum Gasteiger partial charge on any atom is 0.343 e. The lowest BCUT2D eigenvalue weighted by molar-refractivity contribution is 0.0527. The van der Waals surface area contributed by atoms with Crippen LogP contribution in [0.3, 0.4) is 0 Å². The maximum atomic E-state index is 12.8. The number of thiazole rings is 1. The first-order chi connectivity index (χ1) is 16.9. The van der Waals surface area contributed by atoms with Gasteiger partial charge in [0, 0.05) is 5.39 Å². The minimum atomic E-state index is -0.444. The molecule has 5 aromatic rings. The fourth-order valence-corrected chi connectivity index (χ4v) is 5.21. The molecule has 0 saturated carbocycles. The highest BCUT2D eigenvalue weighted by Crippen LogP contribution is 2.32. The van der Waals surface area contributed by atoms with E-state index in [9.17, 15) is 4.79 Å². The van der Waals surface area contributed by atoms with Gasteiger partial charge in [0.15, 0.2) is 16.8 Å². The average Bonchev–Trinajstić information content (AvgIpc) is 3.43. The quantitative estimate of drug-likeness (QED) is 0.279. The van der Waals surface area contributed by atoms with Crippen LogP contribution in [0.4, 0.5) is 10.9 Å². The van der Waals surface area contributed by atoms with Crippen LogP contribution in [-0.2, 0) is 11.2 Å². The monoisotopic (exact) mass is 485 g/mol. The summed E-state index contributed by atoms with van der Waals surface area (Å²) in [5.74, 6) is 0.656. The molecule has 5 rings (SSSR count). The molecular formula is C27H27N5O2S. The van der Waals surface area contributed by atoms with Crippen molar-refractivity contribution < 1.29 is 9.53 Å². The van der Waals surface area contributed by atoms with Gasteiger partial charge in [-0.25, -0.2) is 14.8 Å². The molecular weight excluding hydrogens is 458 g/mol. The molecule has 0 atom stereocenters. The summed E-state index contributed by atoms with van der Waals surface area (Å²) in [7, 11) is 0. The van der Waals surface area contributed by atoms with Crippen molar-refractivity contribution in [2.45, 2.75) is 41.0 Å². The van der Waals surface area contributed by atoms with Gasteiger partial charge in [0.05, 0.1) is 28.5 Å². The SMILES string of the molecule is CCOC(=O)c1cnn(-c2cc(C)c3cc(C)cc(C)c3n2)c1Nc1nc2ccc(CC)cc2s1. The number of carbonyl (C=O) groups is 1. The first kappa shape index (κ1) is 23.0. The molecule has 0 radical (unpaired) electrons. The lowest BCUT2D eigenvalue weighted by Crippen LogP contribution is -2.10. The average molecular weight is 486 g/mol. The van der Waals surface area contributed by atoms with Crippen molar-refractivity contribution in [3.05, 3.63) is 70.4 Å². The summed E-state index contributed by atoms with van der Waals surface area (Å²) >= 11 is 1.54. The highest BCUT2D eigenvalue weighted by Gasteiger charge is 2.22. The lowest BCUT2D eigenvalue weighted by atomic mass is 10.0. The van der Waals surface area contributed by atoms with E-state index in [1.54, 1.807) is 11.6 Å². The number of nitrogens with one attached hydrogen (secondary N) is 1. The van der Waals surface area contributed by atoms with Gasteiger partial charge in [0.2, 0.25) is 0 Å². The zero-order valence-corrected chi connectivity index (χ0v) is 21.3. The Balaban J connectivity index is 1.65. The molecule has 0 aliphatic heterocycles. The number of aryl methyl sites for hydroxylation is 4. The fourth-order valence-electron chi connectivity index (χ4n) is 4.28. The van der Waals surface area contributed by atoms with E-state index in [1.807, 2.05) is 12.1 Å². The third kappa shape index (κ3) is 4.25. The van der Waals surface area contributed by atoms with Gasteiger partial charge >= 0.3 is 5.97 Å². The molecule has 35 heavy (non-hydrogen) atoms. The maximum absolute atomic E-state index is 12.8. The number of esters is 1. The van der Waals surface area contributed by atoms with Crippen molar-refractivity contribution in [2.75, 3.05) is 11.9 Å². The van der Waals surface area contributed by atoms with Crippen LogP contribution in [0.2, 0.25) is 0 Å². The number of rotatable bonds is 6. The molecule has 178 valence electrons. The van der Waals surface area contributed by atoms with Crippen LogP contribution in [-0.4, -0.2) is 32.3 Å². The van der Waals surface area contributed by atoms with Crippen LogP contribution in [0, 0.1) is 20.8 Å². The molecule has 0 aliphatic rings. The van der Waals surface area contributed by atoms with Gasteiger partial charge < -0.3 is 10.1 Å². The molecule has 2 aromatic carbocycles. The third-order valence-electron chi connectivity index (χ3n) is 6.01. The fraction of sp³-hybridized carbons (Fsp3) is 0.259. The smallest absolute Gasteiger partial charge is 0.343 e. The number of pyridine rings is 1. The van der Waals surface area contributed by atoms with E-state index < -0.39 is 5.97 Å². The number of hydrogen-bond acceptors (Lipinski definition) is 7. The third-order valence-corrected chi connectivity index (χ3v) is 6.94. The summed E-state index contributed by atoms with van der Waals surface area (Å²) in [6.07, 6.45) is 2.48. The second-order valence-electron chi connectivity index (χ2n) is 8.61. The highest BCUT2D eigenvalue weighted by atomic mass is 32.1. The van der Waals surface area contributed by atoms with Crippen molar-refractivity contribution in [1.82, 2.24) is 19.7 Å². The number of hydrogen-bond donors (Lipinski definition) is 1. The van der Waals surface area contributed by atoms with Crippen LogP contribution >= 0.6 is 11.3 Å². The highest BCUT2D eigenvalue weighted by molar-refractivity contribution is 7.22. The van der Waals surface area contributed by atoms with Crippen molar-refractivity contribution in [1.29, 1.82) is 0 Å². The molecule has 7 nitrogen and oxygen atoms in total. The van der Waals surface area contributed by atoms with Crippen molar-refractivity contribution in [3.8, 4) is 5.82 Å². The van der Waals surface area contributed by atoms with Gasteiger partial charge in [-0.1, -0.05) is 36.0 Å². The summed E-state index contributed by atoms with van der Waals surface area (Å²) in [6, 6.07) is 12.5. The Morgan fingerprint density at radius 3 is 2.66 bits per heavy atom. The number of benzene rings is 2. The van der Waals surface area contributed by atoms with E-state index >= 15 is 0 Å². The second-order valence-corrected chi connectivity index (χ2v) is 9.64. The summed E-state index contributed by atoms with van der Waals surface area (Å²) in [6.45, 7) is 10.4. The zero-order chi connectivity index (χ0) is 24.7. The molecule has 3 aromatic heterocycles. The predicted octanol–water partition coefficient (Wildman–Crippen LogP) is 6.44. The molecule has 3 heterocycles. The van der Waals surface area contributed by atoms with E-state index in [0.29, 0.717) is 22.3 Å². The Morgan fingerprint density at radius 2 is 1.89 bits per heavy atom. The number of carbonyl (C=O) groups excluding carboxylic acids is 1. The summed E-state index contributed by atoms with van der Waals surface area (Å²) in [5.41, 5.74) is 6.78. The van der Waals surface area contributed by atoms with E-state index in [2.05, 4.69) is 62.4 Å². The molecule has 0 aliphatic carbocycles. The Labute approximate surface area is 207 Å². The van der Waals surface area contributed by atoms with Crippen molar-refractivity contribution in [2.24, 2.45) is 0 Å². The largest absolute Gasteiger partial charge is 0.462 e. The summed E-state index contributed by atoms with van der Waals surface area (Å²) in [5, 5.41) is 9.65. The number of fused-ring (bicyclic) bond motifs is 2. The number of ether oxygens (including phenoxy) is 1. The zero-order valence-electron chi connectivity index (χ0n) is 20.5. The van der Waals surface area contributed by atoms with Crippen LogP contribution in [0.15, 0.2) is 42.6 Å². The molecule has 1 N–H and O–H groups in total. The van der Waals surface area contributed by atoms with Gasteiger partial charge in [-0.3, -0.25) is 0 Å². The summed E-state index contributed by atoms with van der Waals surface area (Å²) < 4.78 is 8.04. The molecule has 0 fully saturated rings. The van der Waals surface area contributed by atoms with E-state index in [0.717, 1.165) is 38.7 Å². The minimum absolute atomic E-state index is 0.274. The topological polar surface area (TPSA) is 81.9 Å². The Bertz CT molecular complexity index is 1580. The first-order valence-electron chi connectivity index (χ1n) is 11.7. The van der Waals surface area contributed by atoms with Crippen molar-refractivity contribution >= 4 is 49.4 Å². The first-order valence-corrected chi connectivity index (χ1v) is 12.5. The number of aromatic nitrogens is 4. The molecule has 0 amide bonds. The normalized spacial score (nSPS) is 11.3. The van der Waals surface area contributed by atoms with Crippen LogP contribution in [0.25, 0.3) is 26.9 Å². The van der Waals surface area contributed by atoms with E-state index in [1.165, 1.54) is 28.7 Å². The predicted molar refractivity (Wildman–Crippen MR) is 141 cm³/mol. The molecule has 0 bridgehead atoms. The van der Waals surface area contributed by atoms with Crippen LogP contribution in [0.5, 0.6) is 0 Å². The standard InChI is InChI=1S/C27H27N5O2S/c1-6-18-8-9-21-22(13-18)35-27(29-21)31-25-20(26(33)34-7-2)14-28-32(25)23-12-16(4)19-11-15(3)10-17(5)24(19)30-23/h8-14H,6-7H2,1-5H3,(H,29,31). The van der Waals surface area contributed by atoms with E-state index in [-0.39, 0.29) is 6.61 Å². The van der Waals surface area contributed by atoms with Gasteiger partial charge in [0.1, 0.15) is 5.56 Å². The molecule has 0 unspecified atom stereocenters. The van der Waals surface area contributed by atoms with Crippen molar-refractivity contribution in [3.63, 3.8) is 0 Å². The van der Waals surface area contributed by atoms with Gasteiger partial charge in [-0.15, -0.1) is 0 Å². The Kier molecular flexibility index (Phi) is 5.98. The minimum Gasteiger partial charge on any atom is -0.462 e. The molecule has 8 heteroatoms. The van der Waals surface area contributed by atoms with Crippen LogP contribution in [0.1, 0.15) is 46.5 Å². The Hall–Kier alpha value is -3.78. The molecule has 0 spiro atoms.